The van der Waals surface area contributed by atoms with E-state index in [0.29, 0.717) is 0 Å². The van der Waals surface area contributed by atoms with Crippen LogP contribution in [0.25, 0.3) is 28.2 Å². The Bertz CT molecular complexity index is 1190. The minimum Gasteiger partial charge on any atom is -0.390 e. The molecular formula is C22H25N7O. The van der Waals surface area contributed by atoms with Crippen LogP contribution in [-0.2, 0) is 7.05 Å². The Labute approximate surface area is 174 Å². The van der Waals surface area contributed by atoms with Crippen molar-refractivity contribution >= 4 is 17.0 Å². The lowest BCUT2D eigenvalue weighted by atomic mass is 9.83. The Balaban J connectivity index is 1.46. The van der Waals surface area contributed by atoms with E-state index >= 15 is 0 Å². The quantitative estimate of drug-likeness (QED) is 0.543. The van der Waals surface area contributed by atoms with Gasteiger partial charge in [-0.3, -0.25) is 14.2 Å². The van der Waals surface area contributed by atoms with Crippen LogP contribution in [0.4, 0.5) is 5.82 Å². The first kappa shape index (κ1) is 18.7. The maximum absolute atomic E-state index is 10.4. The molecule has 5 rings (SSSR count). The lowest BCUT2D eigenvalue weighted by molar-refractivity contribution is 0.0182. The van der Waals surface area contributed by atoms with Crippen molar-refractivity contribution in [2.24, 2.45) is 7.05 Å². The van der Waals surface area contributed by atoms with Crippen molar-refractivity contribution < 1.29 is 5.11 Å². The van der Waals surface area contributed by atoms with E-state index < -0.39 is 5.60 Å². The normalized spacial score (nSPS) is 21.8. The minimum absolute atomic E-state index is 0.215. The van der Waals surface area contributed by atoms with Gasteiger partial charge < -0.3 is 10.4 Å². The average Bonchev–Trinajstić information content (AvgIpc) is 3.33. The van der Waals surface area contributed by atoms with Crippen molar-refractivity contribution in [2.75, 3.05) is 5.32 Å². The van der Waals surface area contributed by atoms with E-state index in [4.69, 9.17) is 4.98 Å². The fourth-order valence-corrected chi connectivity index (χ4v) is 4.22. The van der Waals surface area contributed by atoms with Gasteiger partial charge in [0.25, 0.3) is 0 Å². The first-order valence-corrected chi connectivity index (χ1v) is 10.3. The number of fused-ring (bicyclic) bond motifs is 1. The van der Waals surface area contributed by atoms with E-state index in [1.54, 1.807) is 17.2 Å². The molecule has 0 aromatic carbocycles. The molecule has 154 valence electrons. The highest BCUT2D eigenvalue weighted by atomic mass is 16.3. The van der Waals surface area contributed by atoms with Crippen LogP contribution in [0.15, 0.2) is 49.1 Å². The number of nitrogens with one attached hydrogen (secondary N) is 1. The van der Waals surface area contributed by atoms with Crippen LogP contribution in [0.2, 0.25) is 0 Å². The predicted octanol–water partition coefficient (Wildman–Crippen LogP) is 3.32. The summed E-state index contributed by atoms with van der Waals surface area (Å²) in [5.74, 6) is 0.797. The molecule has 0 bridgehead atoms. The van der Waals surface area contributed by atoms with E-state index in [-0.39, 0.29) is 6.04 Å². The number of aliphatic hydroxyl groups is 1. The fourth-order valence-electron chi connectivity index (χ4n) is 4.22. The zero-order chi connectivity index (χ0) is 20.7. The van der Waals surface area contributed by atoms with Crippen molar-refractivity contribution in [3.8, 4) is 17.1 Å². The fraction of sp³-hybridized carbons (Fsp3) is 0.364. The van der Waals surface area contributed by atoms with Gasteiger partial charge in [-0.2, -0.15) is 5.10 Å². The Morgan fingerprint density at radius 1 is 1.17 bits per heavy atom. The summed E-state index contributed by atoms with van der Waals surface area (Å²) in [6, 6.07) is 10.0. The lowest BCUT2D eigenvalue weighted by Crippen LogP contribution is -2.38. The monoisotopic (exact) mass is 403 g/mol. The van der Waals surface area contributed by atoms with Crippen LogP contribution in [0.1, 0.15) is 32.6 Å². The summed E-state index contributed by atoms with van der Waals surface area (Å²) in [7, 11) is 1.89. The van der Waals surface area contributed by atoms with Gasteiger partial charge in [0.05, 0.1) is 17.0 Å². The van der Waals surface area contributed by atoms with E-state index in [0.717, 1.165) is 59.7 Å². The molecule has 4 heterocycles. The molecule has 1 aliphatic rings. The summed E-state index contributed by atoms with van der Waals surface area (Å²) in [5, 5.41) is 18.3. The number of hydrogen-bond acceptors (Lipinski definition) is 6. The minimum atomic E-state index is -0.610. The second kappa shape index (κ2) is 7.21. The zero-order valence-electron chi connectivity index (χ0n) is 17.2. The van der Waals surface area contributed by atoms with Crippen molar-refractivity contribution in [1.29, 1.82) is 0 Å². The predicted molar refractivity (Wildman–Crippen MR) is 115 cm³/mol. The molecule has 2 atom stereocenters. The van der Waals surface area contributed by atoms with E-state index in [9.17, 15) is 5.11 Å². The van der Waals surface area contributed by atoms with Gasteiger partial charge in [-0.05, 0) is 62.9 Å². The Morgan fingerprint density at radius 3 is 2.87 bits per heavy atom. The molecule has 0 amide bonds. The van der Waals surface area contributed by atoms with Gasteiger partial charge in [-0.1, -0.05) is 0 Å². The number of aryl methyl sites for hydroxylation is 1. The molecular weight excluding hydrogens is 378 g/mol. The van der Waals surface area contributed by atoms with Crippen LogP contribution < -0.4 is 5.32 Å². The van der Waals surface area contributed by atoms with Crippen molar-refractivity contribution in [1.82, 2.24) is 29.3 Å². The topological polar surface area (TPSA) is 93.7 Å². The van der Waals surface area contributed by atoms with E-state index in [1.807, 2.05) is 55.1 Å². The van der Waals surface area contributed by atoms with Gasteiger partial charge in [-0.25, -0.2) is 9.97 Å². The molecule has 8 nitrogen and oxygen atoms in total. The molecule has 0 spiro atoms. The molecule has 1 aliphatic carbocycles. The smallest absolute Gasteiger partial charge is 0.166 e. The van der Waals surface area contributed by atoms with E-state index in [2.05, 4.69) is 20.4 Å². The van der Waals surface area contributed by atoms with Crippen LogP contribution in [0.3, 0.4) is 0 Å². The molecule has 4 aromatic rings. The highest BCUT2D eigenvalue weighted by molar-refractivity contribution is 5.75. The van der Waals surface area contributed by atoms with Gasteiger partial charge in [-0.15, -0.1) is 0 Å². The summed E-state index contributed by atoms with van der Waals surface area (Å²) in [5.41, 5.74) is 3.55. The Morgan fingerprint density at radius 2 is 2.07 bits per heavy atom. The molecule has 2 N–H and O–H groups in total. The SMILES string of the molecule is Cn1ccc(-c2cc(-n3cnc4ccc(NC5CCCC(C)(O)C5)nc43)ccn2)n1. The van der Waals surface area contributed by atoms with Gasteiger partial charge >= 0.3 is 0 Å². The number of anilines is 1. The average molecular weight is 403 g/mol. The molecule has 1 fully saturated rings. The molecule has 1 saturated carbocycles. The number of imidazole rings is 1. The van der Waals surface area contributed by atoms with E-state index in [1.165, 1.54) is 0 Å². The maximum atomic E-state index is 10.4. The Kier molecular flexibility index (Phi) is 4.51. The number of aromatic nitrogens is 6. The van der Waals surface area contributed by atoms with Crippen LogP contribution in [0, 0.1) is 0 Å². The summed E-state index contributed by atoms with van der Waals surface area (Å²) >= 11 is 0. The number of pyridine rings is 2. The molecule has 30 heavy (non-hydrogen) atoms. The van der Waals surface area contributed by atoms with Crippen LogP contribution in [-0.4, -0.2) is 46.0 Å². The third kappa shape index (κ3) is 3.66. The van der Waals surface area contributed by atoms with Crippen molar-refractivity contribution in [3.05, 3.63) is 49.1 Å². The lowest BCUT2D eigenvalue weighted by Gasteiger charge is -2.34. The summed E-state index contributed by atoms with van der Waals surface area (Å²) in [4.78, 5) is 13.8. The standard InChI is InChI=1S/C22H25N7O/c1-22(30)9-3-4-15(13-22)25-20-6-5-18-21(26-20)29(14-24-18)16-7-10-23-19(12-16)17-8-11-28(2)27-17/h5-8,10-12,14-15,30H,3-4,9,13H2,1-2H3,(H,25,26). The molecule has 2 unspecified atom stereocenters. The summed E-state index contributed by atoms with van der Waals surface area (Å²) < 4.78 is 3.73. The largest absolute Gasteiger partial charge is 0.390 e. The number of rotatable bonds is 4. The highest BCUT2D eigenvalue weighted by Crippen LogP contribution is 2.30. The molecule has 0 aliphatic heterocycles. The second-order valence-electron chi connectivity index (χ2n) is 8.36. The van der Waals surface area contributed by atoms with Gasteiger partial charge in [0, 0.05) is 25.5 Å². The molecule has 0 radical (unpaired) electrons. The summed E-state index contributed by atoms with van der Waals surface area (Å²) in [6.07, 6.45) is 9.08. The summed E-state index contributed by atoms with van der Waals surface area (Å²) in [6.45, 7) is 1.91. The maximum Gasteiger partial charge on any atom is 0.166 e. The number of hydrogen-bond donors (Lipinski definition) is 2. The third-order valence-corrected chi connectivity index (χ3v) is 5.70. The highest BCUT2D eigenvalue weighted by Gasteiger charge is 2.30. The molecule has 4 aromatic heterocycles. The first-order chi connectivity index (χ1) is 14.5. The Hall–Kier alpha value is -3.26. The van der Waals surface area contributed by atoms with Crippen molar-refractivity contribution in [3.63, 3.8) is 0 Å². The molecule has 8 heteroatoms. The van der Waals surface area contributed by atoms with Gasteiger partial charge in [0.15, 0.2) is 5.65 Å². The van der Waals surface area contributed by atoms with Gasteiger partial charge in [0.1, 0.15) is 23.4 Å². The zero-order valence-corrected chi connectivity index (χ0v) is 17.2. The third-order valence-electron chi connectivity index (χ3n) is 5.70. The second-order valence-corrected chi connectivity index (χ2v) is 8.36. The first-order valence-electron chi connectivity index (χ1n) is 10.3. The van der Waals surface area contributed by atoms with Gasteiger partial charge in [0.2, 0.25) is 0 Å². The number of nitrogens with zero attached hydrogens (tertiary/aromatic N) is 6. The van der Waals surface area contributed by atoms with Crippen LogP contribution >= 0.6 is 0 Å². The van der Waals surface area contributed by atoms with Crippen molar-refractivity contribution in [2.45, 2.75) is 44.2 Å². The van der Waals surface area contributed by atoms with Crippen LogP contribution in [0.5, 0.6) is 0 Å². The molecule has 0 saturated heterocycles.